The molecule has 1 amide bonds. The highest BCUT2D eigenvalue weighted by Gasteiger charge is 2.21. The van der Waals surface area contributed by atoms with Crippen molar-refractivity contribution in [2.45, 2.75) is 24.3 Å². The monoisotopic (exact) mass is 439 g/mol. The number of hydrogen-bond donors (Lipinski definition) is 1. The van der Waals surface area contributed by atoms with Crippen LogP contribution in [0.2, 0.25) is 0 Å². The predicted octanol–water partition coefficient (Wildman–Crippen LogP) is 5.01. The van der Waals surface area contributed by atoms with Crippen LogP contribution in [0, 0.1) is 12.7 Å². The number of anilines is 1. The summed E-state index contributed by atoms with van der Waals surface area (Å²) in [5.41, 5.74) is 2.01. The van der Waals surface area contributed by atoms with E-state index in [1.165, 1.54) is 47.4 Å². The van der Waals surface area contributed by atoms with Crippen molar-refractivity contribution in [1.82, 2.24) is 9.55 Å². The number of halogens is 1. The van der Waals surface area contributed by atoms with Crippen LogP contribution < -0.4 is 10.9 Å². The number of carbonyl (C=O) groups excluding carboxylic acids is 1. The smallest absolute Gasteiger partial charge is 0.267 e. The van der Waals surface area contributed by atoms with Crippen LogP contribution in [0.4, 0.5) is 10.1 Å². The lowest BCUT2D eigenvalue weighted by Crippen LogP contribution is -2.26. The molecule has 5 nitrogen and oxygen atoms in total. The number of amides is 1. The molecule has 2 aromatic heterocycles. The van der Waals surface area contributed by atoms with Crippen molar-refractivity contribution >= 4 is 44.9 Å². The summed E-state index contributed by atoms with van der Waals surface area (Å²) in [4.78, 5) is 31.2. The van der Waals surface area contributed by atoms with Gasteiger partial charge in [0.25, 0.3) is 5.56 Å². The van der Waals surface area contributed by atoms with E-state index in [2.05, 4.69) is 10.3 Å². The summed E-state index contributed by atoms with van der Waals surface area (Å²) in [6, 6.07) is 14.9. The number of rotatable bonds is 5. The summed E-state index contributed by atoms with van der Waals surface area (Å²) in [6.45, 7) is 3.68. The van der Waals surface area contributed by atoms with E-state index < -0.39 is 5.25 Å². The van der Waals surface area contributed by atoms with Crippen LogP contribution in [0.3, 0.4) is 0 Å². The molecular formula is C22H18FN3O2S2. The third kappa shape index (κ3) is 4.01. The van der Waals surface area contributed by atoms with Crippen molar-refractivity contribution in [2.24, 2.45) is 0 Å². The Morgan fingerprint density at radius 1 is 1.17 bits per heavy atom. The number of thiophene rings is 1. The fourth-order valence-electron chi connectivity index (χ4n) is 2.99. The number of fused-ring (bicyclic) bond motifs is 1. The van der Waals surface area contributed by atoms with E-state index in [9.17, 15) is 14.0 Å². The molecule has 4 aromatic rings. The Hall–Kier alpha value is -2.97. The third-order valence-corrected chi connectivity index (χ3v) is 6.45. The third-order valence-electron chi connectivity index (χ3n) is 4.59. The fourth-order valence-corrected chi connectivity index (χ4v) is 4.71. The van der Waals surface area contributed by atoms with Gasteiger partial charge in [0.05, 0.1) is 16.3 Å². The van der Waals surface area contributed by atoms with Crippen molar-refractivity contribution in [1.29, 1.82) is 0 Å². The SMILES string of the molecule is Cc1ccccc1-n1c(SC(C)C(=O)Nc2ccc(F)cc2)nc2sccc2c1=O. The first-order chi connectivity index (χ1) is 14.4. The van der Waals surface area contributed by atoms with Crippen molar-refractivity contribution in [2.75, 3.05) is 5.32 Å². The first-order valence-corrected chi connectivity index (χ1v) is 11.0. The zero-order valence-corrected chi connectivity index (χ0v) is 17.9. The molecule has 0 saturated heterocycles. The quantitative estimate of drug-likeness (QED) is 0.351. The van der Waals surface area contributed by atoms with Gasteiger partial charge < -0.3 is 5.32 Å². The van der Waals surface area contributed by atoms with Gasteiger partial charge >= 0.3 is 0 Å². The van der Waals surface area contributed by atoms with Gasteiger partial charge in [0.15, 0.2) is 5.16 Å². The van der Waals surface area contributed by atoms with Crippen molar-refractivity contribution in [3.05, 3.63) is 81.7 Å². The first kappa shape index (κ1) is 20.3. The summed E-state index contributed by atoms with van der Waals surface area (Å²) in [6.07, 6.45) is 0. The van der Waals surface area contributed by atoms with Crippen LogP contribution in [0.25, 0.3) is 15.9 Å². The number of nitrogens with one attached hydrogen (secondary N) is 1. The molecule has 0 spiro atoms. The molecule has 2 heterocycles. The fraction of sp³-hybridized carbons (Fsp3) is 0.136. The zero-order chi connectivity index (χ0) is 21.3. The molecule has 152 valence electrons. The minimum absolute atomic E-state index is 0.163. The van der Waals surface area contributed by atoms with Crippen LogP contribution >= 0.6 is 23.1 Å². The topological polar surface area (TPSA) is 64.0 Å². The summed E-state index contributed by atoms with van der Waals surface area (Å²) in [5.74, 6) is -0.630. The Balaban J connectivity index is 1.70. The number of hydrogen-bond acceptors (Lipinski definition) is 5. The molecule has 2 aromatic carbocycles. The second-order valence-corrected chi connectivity index (χ2v) is 8.92. The Bertz CT molecular complexity index is 1280. The molecule has 0 aliphatic carbocycles. The molecule has 0 saturated carbocycles. The van der Waals surface area contributed by atoms with Crippen molar-refractivity contribution in [3.8, 4) is 5.69 Å². The zero-order valence-electron chi connectivity index (χ0n) is 16.3. The van der Waals surface area contributed by atoms with Gasteiger partial charge in [-0.15, -0.1) is 11.3 Å². The Morgan fingerprint density at radius 2 is 1.90 bits per heavy atom. The summed E-state index contributed by atoms with van der Waals surface area (Å²) in [5, 5.41) is 5.07. The number of carbonyl (C=O) groups is 1. The van der Waals surface area contributed by atoms with Gasteiger partial charge in [-0.05, 0) is 61.2 Å². The normalized spacial score (nSPS) is 12.1. The number of aryl methyl sites for hydroxylation is 1. The molecule has 0 aliphatic rings. The van der Waals surface area contributed by atoms with E-state index in [1.54, 1.807) is 17.6 Å². The van der Waals surface area contributed by atoms with Crippen LogP contribution in [0.5, 0.6) is 0 Å². The largest absolute Gasteiger partial charge is 0.325 e. The highest BCUT2D eigenvalue weighted by Crippen LogP contribution is 2.28. The minimum atomic E-state index is -0.533. The van der Waals surface area contributed by atoms with Crippen LogP contribution in [0.15, 0.2) is 69.9 Å². The van der Waals surface area contributed by atoms with E-state index >= 15 is 0 Å². The van der Waals surface area contributed by atoms with Gasteiger partial charge in [0.1, 0.15) is 10.6 Å². The minimum Gasteiger partial charge on any atom is -0.325 e. The molecule has 8 heteroatoms. The summed E-state index contributed by atoms with van der Waals surface area (Å²) < 4.78 is 14.7. The van der Waals surface area contributed by atoms with Crippen molar-refractivity contribution in [3.63, 3.8) is 0 Å². The highest BCUT2D eigenvalue weighted by atomic mass is 32.2. The lowest BCUT2D eigenvalue weighted by Gasteiger charge is -2.17. The molecule has 1 atom stereocenters. The molecule has 0 radical (unpaired) electrons. The summed E-state index contributed by atoms with van der Waals surface area (Å²) in [7, 11) is 0. The second-order valence-electron chi connectivity index (χ2n) is 6.72. The average Bonchev–Trinajstić information content (AvgIpc) is 3.20. The molecule has 0 bridgehead atoms. The highest BCUT2D eigenvalue weighted by molar-refractivity contribution is 8.00. The van der Waals surface area contributed by atoms with E-state index in [4.69, 9.17) is 0 Å². The van der Waals surface area contributed by atoms with Crippen molar-refractivity contribution < 1.29 is 9.18 Å². The number of para-hydroxylation sites is 1. The Kier molecular flexibility index (Phi) is 5.69. The Morgan fingerprint density at radius 3 is 2.63 bits per heavy atom. The van der Waals surface area contributed by atoms with Gasteiger partial charge in [-0.25, -0.2) is 9.37 Å². The van der Waals surface area contributed by atoms with E-state index in [0.717, 1.165) is 11.3 Å². The maximum absolute atomic E-state index is 13.2. The standard InChI is InChI=1S/C22H18FN3O2S2/c1-13-5-3-4-6-18(13)26-21(28)17-11-12-29-20(17)25-22(26)30-14(2)19(27)24-16-9-7-15(23)8-10-16/h3-12,14H,1-2H3,(H,24,27). The maximum Gasteiger partial charge on any atom is 0.267 e. The van der Waals surface area contributed by atoms with E-state index in [1.807, 2.05) is 36.6 Å². The van der Waals surface area contributed by atoms with Crippen LogP contribution in [0.1, 0.15) is 12.5 Å². The molecule has 0 aliphatic heterocycles. The van der Waals surface area contributed by atoms with Crippen LogP contribution in [-0.4, -0.2) is 20.7 Å². The lowest BCUT2D eigenvalue weighted by molar-refractivity contribution is -0.115. The van der Waals surface area contributed by atoms with E-state index in [0.29, 0.717) is 21.1 Å². The lowest BCUT2D eigenvalue weighted by atomic mass is 10.2. The second kappa shape index (κ2) is 8.41. The van der Waals surface area contributed by atoms with Crippen LogP contribution in [-0.2, 0) is 4.79 Å². The van der Waals surface area contributed by atoms with Gasteiger partial charge in [-0.1, -0.05) is 30.0 Å². The maximum atomic E-state index is 13.2. The molecule has 1 unspecified atom stereocenters. The Labute approximate surface area is 180 Å². The first-order valence-electron chi connectivity index (χ1n) is 9.23. The predicted molar refractivity (Wildman–Crippen MR) is 120 cm³/mol. The number of benzene rings is 2. The number of aromatic nitrogens is 2. The summed E-state index contributed by atoms with van der Waals surface area (Å²) >= 11 is 2.60. The number of nitrogens with zero attached hydrogens (tertiary/aromatic N) is 2. The molecule has 0 fully saturated rings. The van der Waals surface area contributed by atoms with Gasteiger partial charge in [0.2, 0.25) is 5.91 Å². The van der Waals surface area contributed by atoms with Gasteiger partial charge in [-0.2, -0.15) is 0 Å². The molecule has 4 rings (SSSR count). The molecular weight excluding hydrogens is 421 g/mol. The average molecular weight is 440 g/mol. The van der Waals surface area contributed by atoms with Gasteiger partial charge in [0, 0.05) is 5.69 Å². The molecule has 30 heavy (non-hydrogen) atoms. The van der Waals surface area contributed by atoms with E-state index in [-0.39, 0.29) is 17.3 Å². The van der Waals surface area contributed by atoms with Gasteiger partial charge in [-0.3, -0.25) is 14.2 Å². The molecule has 1 N–H and O–H groups in total. The number of thioether (sulfide) groups is 1.